The highest BCUT2D eigenvalue weighted by Gasteiger charge is 2.25. The molecule has 0 saturated carbocycles. The van der Waals surface area contributed by atoms with Gasteiger partial charge >= 0.3 is 0 Å². The molecule has 2 amide bonds. The molecule has 5 nitrogen and oxygen atoms in total. The number of anilines is 1. The minimum atomic E-state index is 0.0253. The Labute approximate surface area is 131 Å². The summed E-state index contributed by atoms with van der Waals surface area (Å²) in [4.78, 5) is 26.7. The molecular weight excluding hydrogens is 278 g/mol. The maximum absolute atomic E-state index is 12.6. The summed E-state index contributed by atoms with van der Waals surface area (Å²) in [5.41, 5.74) is 2.31. The first-order chi connectivity index (χ1) is 10.7. The lowest BCUT2D eigenvalue weighted by Gasteiger charge is -2.19. The number of nitrogens with one attached hydrogen (secondary N) is 2. The van der Waals surface area contributed by atoms with Crippen LogP contribution in [0, 0.1) is 12.8 Å². The zero-order valence-corrected chi connectivity index (χ0v) is 13.0. The fraction of sp³-hybridized carbons (Fsp3) is 0.529. The Balaban J connectivity index is 1.76. The summed E-state index contributed by atoms with van der Waals surface area (Å²) in [5.74, 6) is 0.143. The van der Waals surface area contributed by atoms with Gasteiger partial charge in [-0.2, -0.15) is 0 Å². The van der Waals surface area contributed by atoms with E-state index in [2.05, 4.69) is 10.6 Å². The SMILES string of the molecule is Cc1c(NC(=O)C2CCNC2)cccc1C(=O)N1CCCC1. The molecule has 2 aliphatic rings. The van der Waals surface area contributed by atoms with Crippen molar-refractivity contribution < 1.29 is 9.59 Å². The number of rotatable bonds is 3. The number of hydrogen-bond acceptors (Lipinski definition) is 3. The van der Waals surface area contributed by atoms with E-state index in [1.807, 2.05) is 30.0 Å². The van der Waals surface area contributed by atoms with Gasteiger partial charge in [-0.25, -0.2) is 0 Å². The van der Waals surface area contributed by atoms with Crippen LogP contribution in [0.4, 0.5) is 5.69 Å². The monoisotopic (exact) mass is 301 g/mol. The molecule has 2 saturated heterocycles. The Morgan fingerprint density at radius 2 is 2.05 bits per heavy atom. The summed E-state index contributed by atoms with van der Waals surface area (Å²) in [6, 6.07) is 5.57. The molecule has 3 rings (SSSR count). The Bertz CT molecular complexity index is 573. The molecule has 0 aromatic heterocycles. The number of hydrogen-bond donors (Lipinski definition) is 2. The number of carbonyl (C=O) groups is 2. The summed E-state index contributed by atoms with van der Waals surface area (Å²) in [6.07, 6.45) is 3.03. The predicted molar refractivity (Wildman–Crippen MR) is 85.9 cm³/mol. The zero-order valence-electron chi connectivity index (χ0n) is 13.0. The molecule has 1 unspecified atom stereocenters. The van der Waals surface area contributed by atoms with Crippen molar-refractivity contribution in [2.24, 2.45) is 5.92 Å². The second-order valence-electron chi connectivity index (χ2n) is 6.16. The van der Waals surface area contributed by atoms with Crippen molar-refractivity contribution >= 4 is 17.5 Å². The number of nitrogens with zero attached hydrogens (tertiary/aromatic N) is 1. The summed E-state index contributed by atoms with van der Waals surface area (Å²) in [7, 11) is 0. The number of likely N-dealkylation sites (tertiary alicyclic amines) is 1. The highest BCUT2D eigenvalue weighted by Crippen LogP contribution is 2.23. The van der Waals surface area contributed by atoms with E-state index < -0.39 is 0 Å². The van der Waals surface area contributed by atoms with Gasteiger partial charge in [-0.05, 0) is 50.4 Å². The van der Waals surface area contributed by atoms with Crippen LogP contribution in [0.2, 0.25) is 0 Å². The van der Waals surface area contributed by atoms with Gasteiger partial charge < -0.3 is 15.5 Å². The molecule has 1 aromatic carbocycles. The maximum Gasteiger partial charge on any atom is 0.254 e. The molecule has 0 bridgehead atoms. The third kappa shape index (κ3) is 2.99. The fourth-order valence-electron chi connectivity index (χ4n) is 3.21. The number of amides is 2. The third-order valence-corrected chi connectivity index (χ3v) is 4.65. The molecule has 1 aromatic rings. The Morgan fingerprint density at radius 3 is 2.73 bits per heavy atom. The summed E-state index contributed by atoms with van der Waals surface area (Å²) < 4.78 is 0. The van der Waals surface area contributed by atoms with Gasteiger partial charge in [0.25, 0.3) is 5.91 Å². The molecule has 0 radical (unpaired) electrons. The van der Waals surface area contributed by atoms with Crippen LogP contribution in [0.1, 0.15) is 35.2 Å². The fourth-order valence-corrected chi connectivity index (χ4v) is 3.21. The first-order valence-corrected chi connectivity index (χ1v) is 8.07. The van der Waals surface area contributed by atoms with Gasteiger partial charge in [0.2, 0.25) is 5.91 Å². The van der Waals surface area contributed by atoms with Crippen molar-refractivity contribution in [3.05, 3.63) is 29.3 Å². The van der Waals surface area contributed by atoms with Crippen molar-refractivity contribution in [3.63, 3.8) is 0 Å². The van der Waals surface area contributed by atoms with Crippen LogP contribution in [0.5, 0.6) is 0 Å². The lowest BCUT2D eigenvalue weighted by Crippen LogP contribution is -2.29. The van der Waals surface area contributed by atoms with E-state index in [1.165, 1.54) is 0 Å². The van der Waals surface area contributed by atoms with E-state index in [9.17, 15) is 9.59 Å². The van der Waals surface area contributed by atoms with Gasteiger partial charge in [-0.3, -0.25) is 9.59 Å². The summed E-state index contributed by atoms with van der Waals surface area (Å²) in [6.45, 7) is 5.21. The molecule has 0 spiro atoms. The molecule has 2 heterocycles. The van der Waals surface area contributed by atoms with Gasteiger partial charge in [0.1, 0.15) is 0 Å². The molecule has 2 aliphatic heterocycles. The van der Waals surface area contributed by atoms with Crippen molar-refractivity contribution in [1.82, 2.24) is 10.2 Å². The highest BCUT2D eigenvalue weighted by molar-refractivity contribution is 6.00. The average molecular weight is 301 g/mol. The standard InChI is InChI=1S/C17H23N3O2/c1-12-14(17(22)20-9-2-3-10-20)5-4-6-15(12)19-16(21)13-7-8-18-11-13/h4-6,13,18H,2-3,7-11H2,1H3,(H,19,21). The Morgan fingerprint density at radius 1 is 1.27 bits per heavy atom. The van der Waals surface area contributed by atoms with Crippen molar-refractivity contribution in [3.8, 4) is 0 Å². The molecule has 2 N–H and O–H groups in total. The van der Waals surface area contributed by atoms with Crippen LogP contribution in [-0.2, 0) is 4.79 Å². The zero-order chi connectivity index (χ0) is 15.5. The lowest BCUT2D eigenvalue weighted by molar-refractivity contribution is -0.119. The molecular formula is C17H23N3O2. The van der Waals surface area contributed by atoms with E-state index in [4.69, 9.17) is 0 Å². The lowest BCUT2D eigenvalue weighted by atomic mass is 10.0. The van der Waals surface area contributed by atoms with Gasteiger partial charge in [-0.1, -0.05) is 6.07 Å². The average Bonchev–Trinajstić information content (AvgIpc) is 3.22. The number of carbonyl (C=O) groups excluding carboxylic acids is 2. The van der Waals surface area contributed by atoms with Crippen LogP contribution in [-0.4, -0.2) is 42.9 Å². The maximum atomic E-state index is 12.6. The summed E-state index contributed by atoms with van der Waals surface area (Å²) in [5, 5.41) is 6.19. The normalized spacial score (nSPS) is 21.1. The smallest absolute Gasteiger partial charge is 0.254 e. The van der Waals surface area contributed by atoms with E-state index in [0.717, 1.165) is 56.7 Å². The van der Waals surface area contributed by atoms with E-state index in [1.54, 1.807) is 0 Å². The second kappa shape index (κ2) is 6.48. The molecule has 1 atom stereocenters. The first-order valence-electron chi connectivity index (χ1n) is 8.07. The largest absolute Gasteiger partial charge is 0.339 e. The van der Waals surface area contributed by atoms with Crippen molar-refractivity contribution in [1.29, 1.82) is 0 Å². The molecule has 5 heteroatoms. The summed E-state index contributed by atoms with van der Waals surface area (Å²) >= 11 is 0. The van der Waals surface area contributed by atoms with Crippen LogP contribution in [0.25, 0.3) is 0 Å². The quantitative estimate of drug-likeness (QED) is 0.894. The van der Waals surface area contributed by atoms with Crippen LogP contribution in [0.15, 0.2) is 18.2 Å². The molecule has 2 fully saturated rings. The van der Waals surface area contributed by atoms with Gasteiger partial charge in [0.15, 0.2) is 0 Å². The third-order valence-electron chi connectivity index (χ3n) is 4.65. The van der Waals surface area contributed by atoms with Gasteiger partial charge in [0.05, 0.1) is 5.92 Å². The minimum Gasteiger partial charge on any atom is -0.339 e. The Hall–Kier alpha value is -1.88. The molecule has 22 heavy (non-hydrogen) atoms. The van der Waals surface area contributed by atoms with Crippen LogP contribution in [0.3, 0.4) is 0 Å². The van der Waals surface area contributed by atoms with Gasteiger partial charge in [0, 0.05) is 30.9 Å². The van der Waals surface area contributed by atoms with E-state index in [0.29, 0.717) is 5.56 Å². The van der Waals surface area contributed by atoms with Crippen molar-refractivity contribution in [2.75, 3.05) is 31.5 Å². The van der Waals surface area contributed by atoms with E-state index in [-0.39, 0.29) is 17.7 Å². The Kier molecular flexibility index (Phi) is 4.43. The first kappa shape index (κ1) is 15.0. The highest BCUT2D eigenvalue weighted by atomic mass is 16.2. The minimum absolute atomic E-state index is 0.0253. The number of benzene rings is 1. The van der Waals surface area contributed by atoms with Crippen LogP contribution < -0.4 is 10.6 Å². The molecule has 0 aliphatic carbocycles. The van der Waals surface area contributed by atoms with Crippen LogP contribution >= 0.6 is 0 Å². The second-order valence-corrected chi connectivity index (χ2v) is 6.16. The van der Waals surface area contributed by atoms with Gasteiger partial charge in [-0.15, -0.1) is 0 Å². The molecule has 118 valence electrons. The van der Waals surface area contributed by atoms with Crippen molar-refractivity contribution in [2.45, 2.75) is 26.2 Å². The topological polar surface area (TPSA) is 61.4 Å². The predicted octanol–water partition coefficient (Wildman–Crippen LogP) is 1.78. The van der Waals surface area contributed by atoms with E-state index >= 15 is 0 Å².